The standard InChI is InChI=1S/C27H30N8OS/c28-26-24-25(18-1-6-21-22(14-18)32-23(31-21)13-17-7-12-37-15-17)33-35(27(24)30-16-29-26)20-4-2-19(3-5-20)34-8-10-36-11-9-34/h1,6-7,12,14-16,19-20H,2-5,8-11,13H2,(H,31,32)(H2,28,29,30). The van der Waals surface area contributed by atoms with E-state index in [9.17, 15) is 0 Å². The molecule has 1 saturated heterocycles. The molecule has 37 heavy (non-hydrogen) atoms. The Labute approximate surface area is 218 Å². The molecule has 2 fully saturated rings. The molecular formula is C27H30N8OS. The van der Waals surface area contributed by atoms with Gasteiger partial charge in [0.15, 0.2) is 5.65 Å². The molecule has 0 radical (unpaired) electrons. The van der Waals surface area contributed by atoms with Gasteiger partial charge < -0.3 is 15.5 Å². The highest BCUT2D eigenvalue weighted by molar-refractivity contribution is 7.07. The second-order valence-corrected chi connectivity index (χ2v) is 10.9. The minimum Gasteiger partial charge on any atom is -0.383 e. The summed E-state index contributed by atoms with van der Waals surface area (Å²) in [7, 11) is 0. The van der Waals surface area contributed by atoms with Crippen LogP contribution in [0.5, 0.6) is 0 Å². The summed E-state index contributed by atoms with van der Waals surface area (Å²) in [4.78, 5) is 19.8. The number of ether oxygens (including phenoxy) is 1. The van der Waals surface area contributed by atoms with Crippen LogP contribution in [-0.4, -0.2) is 67.0 Å². The largest absolute Gasteiger partial charge is 0.383 e. The van der Waals surface area contributed by atoms with Crippen molar-refractivity contribution in [1.82, 2.24) is 34.6 Å². The number of morpholine rings is 1. The number of imidazole rings is 1. The maximum atomic E-state index is 6.41. The maximum absolute atomic E-state index is 6.41. The zero-order valence-electron chi connectivity index (χ0n) is 20.6. The van der Waals surface area contributed by atoms with Crippen LogP contribution in [0.3, 0.4) is 0 Å². The van der Waals surface area contributed by atoms with E-state index in [1.54, 1.807) is 17.7 Å². The van der Waals surface area contributed by atoms with Crippen LogP contribution in [-0.2, 0) is 11.2 Å². The summed E-state index contributed by atoms with van der Waals surface area (Å²) in [5, 5.41) is 10.2. The van der Waals surface area contributed by atoms with Gasteiger partial charge in [-0.15, -0.1) is 0 Å². The van der Waals surface area contributed by atoms with Crippen LogP contribution in [0.4, 0.5) is 5.82 Å². The highest BCUT2D eigenvalue weighted by atomic mass is 32.1. The van der Waals surface area contributed by atoms with Crippen molar-refractivity contribution in [2.75, 3.05) is 32.0 Å². The van der Waals surface area contributed by atoms with Crippen LogP contribution in [0, 0.1) is 0 Å². The van der Waals surface area contributed by atoms with Gasteiger partial charge in [0.1, 0.15) is 23.7 Å². The first-order valence-corrected chi connectivity index (χ1v) is 14.0. The van der Waals surface area contributed by atoms with Crippen LogP contribution < -0.4 is 5.73 Å². The molecule has 0 atom stereocenters. The van der Waals surface area contributed by atoms with Crippen molar-refractivity contribution >= 4 is 39.2 Å². The molecule has 10 heteroatoms. The number of anilines is 1. The third-order valence-corrected chi connectivity index (χ3v) is 8.58. The minimum absolute atomic E-state index is 0.302. The van der Waals surface area contributed by atoms with Gasteiger partial charge in [0.25, 0.3) is 0 Å². The number of benzene rings is 1. The third kappa shape index (κ3) is 4.28. The molecular weight excluding hydrogens is 484 g/mol. The second-order valence-electron chi connectivity index (χ2n) is 10.1. The molecule has 1 aromatic carbocycles. The van der Waals surface area contributed by atoms with Gasteiger partial charge in [0, 0.05) is 31.1 Å². The molecule has 1 aliphatic carbocycles. The monoisotopic (exact) mass is 514 g/mol. The lowest BCUT2D eigenvalue weighted by Crippen LogP contribution is -2.45. The van der Waals surface area contributed by atoms with Crippen molar-refractivity contribution in [3.8, 4) is 11.3 Å². The average Bonchev–Trinajstić information content (AvgIpc) is 3.68. The van der Waals surface area contributed by atoms with Gasteiger partial charge in [-0.2, -0.15) is 16.4 Å². The summed E-state index contributed by atoms with van der Waals surface area (Å²) in [5.74, 6) is 1.43. The third-order valence-electron chi connectivity index (χ3n) is 7.85. The maximum Gasteiger partial charge on any atom is 0.164 e. The number of hydrogen-bond donors (Lipinski definition) is 2. The van der Waals surface area contributed by atoms with Gasteiger partial charge in [-0.3, -0.25) is 4.90 Å². The fourth-order valence-corrected chi connectivity index (χ4v) is 6.61. The summed E-state index contributed by atoms with van der Waals surface area (Å²) in [6.45, 7) is 3.77. The van der Waals surface area contributed by atoms with Crippen molar-refractivity contribution < 1.29 is 4.74 Å². The predicted molar refractivity (Wildman–Crippen MR) is 146 cm³/mol. The van der Waals surface area contributed by atoms with Crippen molar-refractivity contribution in [3.05, 3.63) is 52.7 Å². The molecule has 4 aromatic heterocycles. The van der Waals surface area contributed by atoms with Crippen molar-refractivity contribution in [2.24, 2.45) is 0 Å². The van der Waals surface area contributed by atoms with E-state index in [0.29, 0.717) is 17.9 Å². The Morgan fingerprint density at radius 1 is 1.05 bits per heavy atom. The Bertz CT molecular complexity index is 1530. The molecule has 0 spiro atoms. The minimum atomic E-state index is 0.302. The number of fused-ring (bicyclic) bond motifs is 2. The van der Waals surface area contributed by atoms with Crippen LogP contribution in [0.25, 0.3) is 33.3 Å². The molecule has 1 saturated carbocycles. The van der Waals surface area contributed by atoms with Crippen LogP contribution >= 0.6 is 11.3 Å². The Morgan fingerprint density at radius 2 is 1.89 bits per heavy atom. The van der Waals surface area contributed by atoms with E-state index in [2.05, 4.69) is 59.6 Å². The first kappa shape index (κ1) is 22.8. The van der Waals surface area contributed by atoms with E-state index >= 15 is 0 Å². The van der Waals surface area contributed by atoms with Crippen LogP contribution in [0.2, 0.25) is 0 Å². The van der Waals surface area contributed by atoms with E-state index in [1.807, 2.05) is 0 Å². The summed E-state index contributed by atoms with van der Waals surface area (Å²) >= 11 is 1.71. The van der Waals surface area contributed by atoms with Crippen LogP contribution in [0.1, 0.15) is 43.1 Å². The van der Waals surface area contributed by atoms with E-state index < -0.39 is 0 Å². The fourth-order valence-electron chi connectivity index (χ4n) is 5.94. The van der Waals surface area contributed by atoms with Gasteiger partial charge in [-0.05, 0) is 60.2 Å². The van der Waals surface area contributed by atoms with Crippen molar-refractivity contribution in [3.63, 3.8) is 0 Å². The zero-order chi connectivity index (χ0) is 24.8. The Hall–Kier alpha value is -3.34. The van der Waals surface area contributed by atoms with Gasteiger partial charge in [0.05, 0.1) is 35.7 Å². The zero-order valence-corrected chi connectivity index (χ0v) is 21.5. The van der Waals surface area contributed by atoms with E-state index in [0.717, 1.165) is 97.6 Å². The van der Waals surface area contributed by atoms with E-state index in [-0.39, 0.29) is 0 Å². The average molecular weight is 515 g/mol. The van der Waals surface area contributed by atoms with Crippen molar-refractivity contribution in [2.45, 2.75) is 44.2 Å². The molecule has 1 aliphatic heterocycles. The molecule has 0 bridgehead atoms. The van der Waals surface area contributed by atoms with E-state index in [4.69, 9.17) is 20.6 Å². The summed E-state index contributed by atoms with van der Waals surface area (Å²) < 4.78 is 7.66. The summed E-state index contributed by atoms with van der Waals surface area (Å²) in [6.07, 6.45) is 6.82. The topological polar surface area (TPSA) is 111 Å². The van der Waals surface area contributed by atoms with Gasteiger partial charge >= 0.3 is 0 Å². The number of nitrogen functional groups attached to an aromatic ring is 1. The van der Waals surface area contributed by atoms with Gasteiger partial charge in [0.2, 0.25) is 0 Å². The number of thiophene rings is 1. The lowest BCUT2D eigenvalue weighted by Gasteiger charge is -2.38. The number of aromatic nitrogens is 6. The fraction of sp³-hybridized carbons (Fsp3) is 0.407. The number of aromatic amines is 1. The number of nitrogens with two attached hydrogens (primary N) is 1. The molecule has 2 aliphatic rings. The number of nitrogens with one attached hydrogen (secondary N) is 1. The quantitative estimate of drug-likeness (QED) is 0.357. The normalized spacial score (nSPS) is 21.2. The molecule has 5 aromatic rings. The molecule has 5 heterocycles. The van der Waals surface area contributed by atoms with Crippen molar-refractivity contribution in [1.29, 1.82) is 0 Å². The molecule has 190 valence electrons. The van der Waals surface area contributed by atoms with Gasteiger partial charge in [-0.25, -0.2) is 19.6 Å². The molecule has 9 nitrogen and oxygen atoms in total. The number of nitrogens with zero attached hydrogens (tertiary/aromatic N) is 6. The number of rotatable bonds is 5. The first-order valence-electron chi connectivity index (χ1n) is 13.0. The number of hydrogen-bond acceptors (Lipinski definition) is 8. The lowest BCUT2D eigenvalue weighted by atomic mass is 9.90. The highest BCUT2D eigenvalue weighted by Crippen LogP contribution is 2.37. The second kappa shape index (κ2) is 9.51. The molecule has 0 unspecified atom stereocenters. The van der Waals surface area contributed by atoms with Crippen LogP contribution in [0.15, 0.2) is 41.4 Å². The van der Waals surface area contributed by atoms with Gasteiger partial charge in [-0.1, -0.05) is 6.07 Å². The predicted octanol–water partition coefficient (Wildman–Crippen LogP) is 4.42. The summed E-state index contributed by atoms with van der Waals surface area (Å²) in [5.41, 5.74) is 12.3. The Balaban J connectivity index is 1.20. The van der Waals surface area contributed by atoms with E-state index in [1.165, 1.54) is 5.56 Å². The highest BCUT2D eigenvalue weighted by Gasteiger charge is 2.30. The molecule has 7 rings (SSSR count). The lowest BCUT2D eigenvalue weighted by molar-refractivity contribution is 0.00520. The number of H-pyrrole nitrogens is 1. The molecule has 3 N–H and O–H groups in total. The molecule has 0 amide bonds. The SMILES string of the molecule is Nc1ncnc2c1c(-c1ccc3nc(Cc4ccsc4)[nH]c3c1)nn2C1CCC(N2CCOCC2)CC1. The first-order chi connectivity index (χ1) is 18.2. The Morgan fingerprint density at radius 3 is 2.70 bits per heavy atom. The Kier molecular flexibility index (Phi) is 5.87. The summed E-state index contributed by atoms with van der Waals surface area (Å²) in [6, 6.07) is 9.32. The smallest absolute Gasteiger partial charge is 0.164 e.